The van der Waals surface area contributed by atoms with E-state index in [2.05, 4.69) is 4.98 Å². The Balaban J connectivity index is 1.42. The predicted octanol–water partition coefficient (Wildman–Crippen LogP) is 4.18. The molecule has 0 saturated carbocycles. The van der Waals surface area contributed by atoms with Crippen LogP contribution in [0.15, 0.2) is 48.5 Å². The molecule has 3 aromatic rings. The number of carbonyl (C=O) groups is 1. The number of hydrogen-bond acceptors (Lipinski definition) is 2. The quantitative estimate of drug-likeness (QED) is 0.764. The number of aromatic amines is 1. The molecule has 0 fully saturated rings. The third kappa shape index (κ3) is 3.35. The maximum atomic E-state index is 12.5. The van der Waals surface area contributed by atoms with Crippen LogP contribution in [0.2, 0.25) is 5.02 Å². The summed E-state index contributed by atoms with van der Waals surface area (Å²) in [6.07, 6.45) is 1.22. The Labute approximate surface area is 151 Å². The fourth-order valence-electron chi connectivity index (χ4n) is 3.33. The summed E-state index contributed by atoms with van der Waals surface area (Å²) in [5.74, 6) is 0.917. The van der Waals surface area contributed by atoms with E-state index in [9.17, 15) is 4.79 Å². The average Bonchev–Trinajstić information content (AvgIpc) is 2.99. The van der Waals surface area contributed by atoms with E-state index in [0.29, 0.717) is 24.6 Å². The van der Waals surface area contributed by atoms with Gasteiger partial charge in [0.1, 0.15) is 5.75 Å². The van der Waals surface area contributed by atoms with Crippen molar-refractivity contribution in [2.24, 2.45) is 0 Å². The van der Waals surface area contributed by atoms with Crippen molar-refractivity contribution in [2.75, 3.05) is 13.2 Å². The lowest BCUT2D eigenvalue weighted by Crippen LogP contribution is -2.36. The van der Waals surface area contributed by atoms with E-state index in [1.165, 1.54) is 11.3 Å². The van der Waals surface area contributed by atoms with Crippen LogP contribution in [0, 0.1) is 0 Å². The van der Waals surface area contributed by atoms with E-state index in [4.69, 9.17) is 16.3 Å². The van der Waals surface area contributed by atoms with Crippen molar-refractivity contribution in [1.29, 1.82) is 0 Å². The predicted molar refractivity (Wildman–Crippen MR) is 99.0 cm³/mol. The summed E-state index contributed by atoms with van der Waals surface area (Å²) in [6.45, 7) is 1.75. The molecule has 128 valence electrons. The third-order valence-corrected chi connectivity index (χ3v) is 4.85. The highest BCUT2D eigenvalue weighted by molar-refractivity contribution is 6.31. The Bertz CT molecular complexity index is 905. The van der Waals surface area contributed by atoms with Gasteiger partial charge in [-0.3, -0.25) is 4.79 Å². The molecule has 0 saturated heterocycles. The van der Waals surface area contributed by atoms with Gasteiger partial charge in [0.25, 0.3) is 0 Å². The molecule has 4 rings (SSSR count). The molecule has 1 aromatic heterocycles. The summed E-state index contributed by atoms with van der Waals surface area (Å²) in [6, 6.07) is 15.4. The number of carbonyl (C=O) groups excluding carboxylic acids is 1. The lowest BCUT2D eigenvalue weighted by Gasteiger charge is -2.27. The van der Waals surface area contributed by atoms with Gasteiger partial charge in [0.2, 0.25) is 5.91 Å². The van der Waals surface area contributed by atoms with Crippen molar-refractivity contribution in [3.63, 3.8) is 0 Å². The van der Waals surface area contributed by atoms with Gasteiger partial charge in [-0.15, -0.1) is 0 Å². The van der Waals surface area contributed by atoms with Crippen molar-refractivity contribution in [3.8, 4) is 5.75 Å². The van der Waals surface area contributed by atoms with E-state index in [1.807, 2.05) is 53.4 Å². The van der Waals surface area contributed by atoms with Gasteiger partial charge in [-0.2, -0.15) is 0 Å². The zero-order valence-electron chi connectivity index (χ0n) is 13.8. The largest absolute Gasteiger partial charge is 0.493 e. The van der Waals surface area contributed by atoms with Crippen molar-refractivity contribution in [1.82, 2.24) is 9.88 Å². The van der Waals surface area contributed by atoms with Gasteiger partial charge in [-0.25, -0.2) is 0 Å². The number of H-pyrrole nitrogens is 1. The van der Waals surface area contributed by atoms with Gasteiger partial charge >= 0.3 is 0 Å². The fraction of sp³-hybridized carbons (Fsp3) is 0.250. The molecule has 0 aliphatic carbocycles. The zero-order chi connectivity index (χ0) is 17.2. The normalized spacial score (nSPS) is 13.7. The molecular weight excluding hydrogens is 336 g/mol. The molecule has 5 heteroatoms. The zero-order valence-corrected chi connectivity index (χ0v) is 14.6. The molecule has 2 aromatic carbocycles. The highest BCUT2D eigenvalue weighted by Crippen LogP contribution is 2.29. The highest BCUT2D eigenvalue weighted by Gasteiger charge is 2.23. The van der Waals surface area contributed by atoms with Crippen LogP contribution in [0.3, 0.4) is 0 Å². The number of halogens is 1. The maximum Gasteiger partial charge on any atom is 0.226 e. The molecule has 1 aliphatic rings. The van der Waals surface area contributed by atoms with Crippen LogP contribution in [0.5, 0.6) is 5.75 Å². The molecule has 1 N–H and O–H groups in total. The van der Waals surface area contributed by atoms with Gasteiger partial charge in [-0.1, -0.05) is 29.8 Å². The number of para-hydroxylation sites is 1. The summed E-state index contributed by atoms with van der Waals surface area (Å²) < 4.78 is 5.64. The summed E-state index contributed by atoms with van der Waals surface area (Å²) in [5, 5.41) is 1.83. The van der Waals surface area contributed by atoms with E-state index >= 15 is 0 Å². The van der Waals surface area contributed by atoms with Crippen LogP contribution in [0.1, 0.15) is 17.7 Å². The summed E-state index contributed by atoms with van der Waals surface area (Å²) in [5.41, 5.74) is 3.47. The molecule has 25 heavy (non-hydrogen) atoms. The first kappa shape index (κ1) is 16.0. The second-order valence-electron chi connectivity index (χ2n) is 6.25. The first-order chi connectivity index (χ1) is 12.2. The minimum absolute atomic E-state index is 0.123. The van der Waals surface area contributed by atoms with Crippen LogP contribution >= 0.6 is 11.6 Å². The highest BCUT2D eigenvalue weighted by atomic mass is 35.5. The number of nitrogens with one attached hydrogen (secondary N) is 1. The molecule has 0 spiro atoms. The van der Waals surface area contributed by atoms with Crippen LogP contribution in [0.4, 0.5) is 0 Å². The lowest BCUT2D eigenvalue weighted by atomic mass is 10.0. The first-order valence-electron chi connectivity index (χ1n) is 8.45. The van der Waals surface area contributed by atoms with E-state index in [-0.39, 0.29) is 5.91 Å². The Morgan fingerprint density at radius 3 is 2.88 bits per heavy atom. The smallest absolute Gasteiger partial charge is 0.226 e. The lowest BCUT2D eigenvalue weighted by molar-refractivity contribution is -0.132. The fourth-order valence-corrected chi connectivity index (χ4v) is 3.50. The Hall–Kier alpha value is -2.46. The number of ether oxygens (including phenoxy) is 1. The average molecular weight is 355 g/mol. The second-order valence-corrected chi connectivity index (χ2v) is 6.69. The minimum atomic E-state index is 0.123. The number of aromatic nitrogens is 1. The van der Waals surface area contributed by atoms with Crippen LogP contribution in [-0.4, -0.2) is 28.9 Å². The monoisotopic (exact) mass is 354 g/mol. The minimum Gasteiger partial charge on any atom is -0.493 e. The van der Waals surface area contributed by atoms with Crippen molar-refractivity contribution >= 4 is 28.4 Å². The molecule has 0 radical (unpaired) electrons. The van der Waals surface area contributed by atoms with E-state index in [1.54, 1.807) is 0 Å². The molecule has 1 aliphatic heterocycles. The van der Waals surface area contributed by atoms with Crippen molar-refractivity contribution in [3.05, 3.63) is 64.8 Å². The summed E-state index contributed by atoms with van der Waals surface area (Å²) in [4.78, 5) is 17.9. The molecule has 0 unspecified atom stereocenters. The molecule has 0 atom stereocenters. The summed E-state index contributed by atoms with van der Waals surface area (Å²) in [7, 11) is 0. The Kier molecular flexibility index (Phi) is 4.36. The topological polar surface area (TPSA) is 45.3 Å². The molecule has 0 bridgehead atoms. The maximum absolute atomic E-state index is 12.5. The van der Waals surface area contributed by atoms with Gasteiger partial charge in [-0.05, 0) is 30.3 Å². The van der Waals surface area contributed by atoms with E-state index < -0.39 is 0 Å². The molecule has 1 amide bonds. The molecule has 2 heterocycles. The second kappa shape index (κ2) is 6.81. The van der Waals surface area contributed by atoms with Crippen molar-refractivity contribution in [2.45, 2.75) is 19.4 Å². The number of rotatable bonds is 4. The van der Waals surface area contributed by atoms with Gasteiger partial charge in [0.05, 0.1) is 13.0 Å². The van der Waals surface area contributed by atoms with Crippen molar-refractivity contribution < 1.29 is 9.53 Å². The summed E-state index contributed by atoms with van der Waals surface area (Å²) >= 11 is 6.13. The third-order valence-electron chi connectivity index (χ3n) is 4.62. The van der Waals surface area contributed by atoms with E-state index in [0.717, 1.165) is 29.6 Å². The number of hydrogen-bond donors (Lipinski definition) is 1. The number of nitrogens with zero attached hydrogens (tertiary/aromatic N) is 1. The first-order valence-corrected chi connectivity index (χ1v) is 8.83. The Morgan fingerprint density at radius 2 is 2.04 bits per heavy atom. The van der Waals surface area contributed by atoms with Gasteiger partial charge in [0.15, 0.2) is 0 Å². The van der Waals surface area contributed by atoms with Gasteiger partial charge in [0, 0.05) is 46.7 Å². The SMILES string of the molecule is O=C(CCOc1ccccc1)N1CCc2[nH]c3ccc(Cl)cc3c2C1. The Morgan fingerprint density at radius 1 is 1.20 bits per heavy atom. The van der Waals surface area contributed by atoms with Crippen LogP contribution in [-0.2, 0) is 17.8 Å². The van der Waals surface area contributed by atoms with Gasteiger partial charge < -0.3 is 14.6 Å². The number of fused-ring (bicyclic) bond motifs is 3. The van der Waals surface area contributed by atoms with Crippen LogP contribution < -0.4 is 4.74 Å². The number of amides is 1. The molecule has 4 nitrogen and oxygen atoms in total. The van der Waals surface area contributed by atoms with Crippen LogP contribution in [0.25, 0.3) is 10.9 Å². The molecular formula is C20H19ClN2O2. The number of benzene rings is 2. The standard InChI is InChI=1S/C20H19ClN2O2/c21-14-6-7-18-16(12-14)17-13-23(10-8-19(17)22-18)20(24)9-11-25-15-4-2-1-3-5-15/h1-7,12,22H,8-11,13H2.